The highest BCUT2D eigenvalue weighted by Crippen LogP contribution is 2.22. The minimum Gasteiger partial charge on any atom is -0.381 e. The van der Waals surface area contributed by atoms with Gasteiger partial charge in [-0.3, -0.25) is 0 Å². The molecule has 2 aliphatic heterocycles. The predicted molar refractivity (Wildman–Crippen MR) is 56.5 cm³/mol. The Kier molecular flexibility index (Phi) is 3.43. The summed E-state index contributed by atoms with van der Waals surface area (Å²) in [4.78, 5) is 13.4. The molecule has 2 saturated heterocycles. The van der Waals surface area contributed by atoms with Gasteiger partial charge in [-0.05, 0) is 18.8 Å². The lowest BCUT2D eigenvalue weighted by molar-refractivity contribution is 0.0567. The molecule has 0 radical (unpaired) electrons. The fourth-order valence-corrected chi connectivity index (χ4v) is 2.35. The van der Waals surface area contributed by atoms with Crippen LogP contribution in [-0.2, 0) is 4.74 Å². The number of hydrogen-bond donors (Lipinski definition) is 2. The van der Waals surface area contributed by atoms with Gasteiger partial charge < -0.3 is 20.7 Å². The van der Waals surface area contributed by atoms with E-state index in [-0.39, 0.29) is 6.03 Å². The Bertz CT molecular complexity index is 229. The Hall–Kier alpha value is -0.810. The van der Waals surface area contributed by atoms with Crippen molar-refractivity contribution in [2.75, 3.05) is 32.8 Å². The highest BCUT2D eigenvalue weighted by Gasteiger charge is 2.34. The van der Waals surface area contributed by atoms with E-state index in [1.54, 1.807) is 4.90 Å². The summed E-state index contributed by atoms with van der Waals surface area (Å²) < 4.78 is 5.31. The number of carbonyl (C=O) groups is 1. The summed E-state index contributed by atoms with van der Waals surface area (Å²) in [5, 5.41) is 3.03. The van der Waals surface area contributed by atoms with Crippen LogP contribution in [-0.4, -0.2) is 49.8 Å². The van der Waals surface area contributed by atoms with E-state index in [0.717, 1.165) is 32.6 Å². The summed E-state index contributed by atoms with van der Waals surface area (Å²) in [6.07, 6.45) is 2.11. The Balaban J connectivity index is 1.87. The first-order valence-corrected chi connectivity index (χ1v) is 5.64. The van der Waals surface area contributed by atoms with Crippen LogP contribution in [0, 0.1) is 5.92 Å². The predicted octanol–water partition coefficient (Wildman–Crippen LogP) is -0.234. The van der Waals surface area contributed by atoms with Crippen molar-refractivity contribution in [1.82, 2.24) is 10.2 Å². The van der Waals surface area contributed by atoms with Gasteiger partial charge in [-0.25, -0.2) is 4.79 Å². The van der Waals surface area contributed by atoms with E-state index in [4.69, 9.17) is 10.5 Å². The average Bonchev–Trinajstić information content (AvgIpc) is 2.63. The van der Waals surface area contributed by atoms with E-state index in [1.165, 1.54) is 0 Å². The number of carbonyl (C=O) groups excluding carboxylic acids is 1. The summed E-state index contributed by atoms with van der Waals surface area (Å²) in [5.74, 6) is 0.575. The monoisotopic (exact) mass is 213 g/mol. The molecule has 5 nitrogen and oxygen atoms in total. The molecule has 0 aliphatic carbocycles. The number of nitrogens with zero attached hydrogens (tertiary/aromatic N) is 1. The fraction of sp³-hybridized carbons (Fsp3) is 0.900. The summed E-state index contributed by atoms with van der Waals surface area (Å²) in [6.45, 7) is 3.65. The number of nitrogens with one attached hydrogen (secondary N) is 1. The molecule has 0 aromatic rings. The molecule has 0 saturated carbocycles. The maximum atomic E-state index is 11.5. The second-order valence-corrected chi connectivity index (χ2v) is 4.24. The molecule has 5 heteroatoms. The van der Waals surface area contributed by atoms with E-state index in [9.17, 15) is 4.79 Å². The van der Waals surface area contributed by atoms with Crippen molar-refractivity contribution in [2.45, 2.75) is 18.9 Å². The Morgan fingerprint density at radius 1 is 1.47 bits per heavy atom. The van der Waals surface area contributed by atoms with Crippen LogP contribution in [0.3, 0.4) is 0 Å². The van der Waals surface area contributed by atoms with Gasteiger partial charge in [0.1, 0.15) is 0 Å². The molecule has 1 unspecified atom stereocenters. The van der Waals surface area contributed by atoms with Gasteiger partial charge >= 0.3 is 6.03 Å². The van der Waals surface area contributed by atoms with Crippen molar-refractivity contribution in [3.63, 3.8) is 0 Å². The zero-order chi connectivity index (χ0) is 10.7. The quantitative estimate of drug-likeness (QED) is 0.680. The Morgan fingerprint density at radius 2 is 2.20 bits per heavy atom. The molecule has 2 amide bonds. The normalized spacial score (nSPS) is 28.2. The first-order chi connectivity index (χ1) is 7.31. The fourth-order valence-electron chi connectivity index (χ4n) is 2.35. The maximum absolute atomic E-state index is 11.5. The molecule has 15 heavy (non-hydrogen) atoms. The van der Waals surface area contributed by atoms with E-state index in [2.05, 4.69) is 5.32 Å². The van der Waals surface area contributed by atoms with Crippen molar-refractivity contribution in [3.05, 3.63) is 0 Å². The van der Waals surface area contributed by atoms with E-state index in [0.29, 0.717) is 25.0 Å². The maximum Gasteiger partial charge on any atom is 0.317 e. The van der Waals surface area contributed by atoms with Crippen LogP contribution in [0.1, 0.15) is 12.8 Å². The minimum absolute atomic E-state index is 0.0388. The van der Waals surface area contributed by atoms with Gasteiger partial charge in [-0.1, -0.05) is 0 Å². The van der Waals surface area contributed by atoms with Gasteiger partial charge in [0.25, 0.3) is 0 Å². The molecule has 2 rings (SSSR count). The number of urea groups is 1. The number of ether oxygens (including phenoxy) is 1. The van der Waals surface area contributed by atoms with Crippen LogP contribution in [0.2, 0.25) is 0 Å². The number of amides is 2. The lowest BCUT2D eigenvalue weighted by Gasteiger charge is -2.26. The zero-order valence-electron chi connectivity index (χ0n) is 8.95. The molecule has 0 bridgehead atoms. The highest BCUT2D eigenvalue weighted by molar-refractivity contribution is 5.76. The smallest absolute Gasteiger partial charge is 0.317 e. The first kappa shape index (κ1) is 10.7. The molecule has 2 heterocycles. The summed E-state index contributed by atoms with van der Waals surface area (Å²) >= 11 is 0. The topological polar surface area (TPSA) is 67.6 Å². The van der Waals surface area contributed by atoms with Crippen LogP contribution in [0.15, 0.2) is 0 Å². The molecule has 0 aromatic heterocycles. The highest BCUT2D eigenvalue weighted by atomic mass is 16.5. The molecule has 2 aliphatic rings. The van der Waals surface area contributed by atoms with Crippen molar-refractivity contribution >= 4 is 6.03 Å². The summed E-state index contributed by atoms with van der Waals surface area (Å²) in [5.41, 5.74) is 5.45. The molecule has 3 N–H and O–H groups in total. The third-order valence-electron chi connectivity index (χ3n) is 3.25. The number of hydrogen-bond acceptors (Lipinski definition) is 3. The lowest BCUT2D eigenvalue weighted by Crippen LogP contribution is -2.37. The molecule has 1 atom stereocenters. The molecule has 0 aromatic carbocycles. The van der Waals surface area contributed by atoms with Crippen LogP contribution < -0.4 is 11.1 Å². The second kappa shape index (κ2) is 4.81. The Morgan fingerprint density at radius 3 is 2.87 bits per heavy atom. The average molecular weight is 213 g/mol. The minimum atomic E-state index is 0.0388. The van der Waals surface area contributed by atoms with Gasteiger partial charge in [-0.15, -0.1) is 0 Å². The SMILES string of the molecule is NCCN1CC(C2CCOCC2)NC1=O. The van der Waals surface area contributed by atoms with Crippen molar-refractivity contribution in [1.29, 1.82) is 0 Å². The number of nitrogens with two attached hydrogens (primary N) is 1. The van der Waals surface area contributed by atoms with Crippen molar-refractivity contribution < 1.29 is 9.53 Å². The first-order valence-electron chi connectivity index (χ1n) is 5.64. The van der Waals surface area contributed by atoms with Gasteiger partial charge in [0.2, 0.25) is 0 Å². The standard InChI is InChI=1S/C10H19N3O2/c11-3-4-13-7-9(12-10(13)14)8-1-5-15-6-2-8/h8-9H,1-7,11H2,(H,12,14). The third-order valence-corrected chi connectivity index (χ3v) is 3.25. The molecular formula is C10H19N3O2. The van der Waals surface area contributed by atoms with Gasteiger partial charge in [0.05, 0.1) is 6.04 Å². The number of rotatable bonds is 3. The molecular weight excluding hydrogens is 194 g/mol. The van der Waals surface area contributed by atoms with E-state index >= 15 is 0 Å². The van der Waals surface area contributed by atoms with Gasteiger partial charge in [0, 0.05) is 32.8 Å². The second-order valence-electron chi connectivity index (χ2n) is 4.24. The van der Waals surface area contributed by atoms with Crippen LogP contribution in [0.25, 0.3) is 0 Å². The molecule has 86 valence electrons. The lowest BCUT2D eigenvalue weighted by atomic mass is 9.92. The van der Waals surface area contributed by atoms with Gasteiger partial charge in [-0.2, -0.15) is 0 Å². The van der Waals surface area contributed by atoms with Crippen LogP contribution >= 0.6 is 0 Å². The van der Waals surface area contributed by atoms with Crippen LogP contribution in [0.4, 0.5) is 4.79 Å². The van der Waals surface area contributed by atoms with Crippen molar-refractivity contribution in [3.8, 4) is 0 Å². The third kappa shape index (κ3) is 2.41. The molecule has 0 spiro atoms. The zero-order valence-corrected chi connectivity index (χ0v) is 8.95. The van der Waals surface area contributed by atoms with E-state index in [1.807, 2.05) is 0 Å². The Labute approximate surface area is 89.9 Å². The summed E-state index contributed by atoms with van der Waals surface area (Å²) in [7, 11) is 0. The van der Waals surface area contributed by atoms with Gasteiger partial charge in [0.15, 0.2) is 0 Å². The summed E-state index contributed by atoms with van der Waals surface area (Å²) in [6, 6.07) is 0.338. The van der Waals surface area contributed by atoms with E-state index < -0.39 is 0 Å². The van der Waals surface area contributed by atoms with Crippen molar-refractivity contribution in [2.24, 2.45) is 11.7 Å². The van der Waals surface area contributed by atoms with Crippen LogP contribution in [0.5, 0.6) is 0 Å². The molecule has 2 fully saturated rings. The largest absolute Gasteiger partial charge is 0.381 e.